The summed E-state index contributed by atoms with van der Waals surface area (Å²) in [6, 6.07) is 4.33. The third kappa shape index (κ3) is 3.62. The largest absolute Gasteiger partial charge is 0.387 e. The van der Waals surface area contributed by atoms with Gasteiger partial charge in [-0.05, 0) is 50.3 Å². The molecule has 2 aromatic rings. The van der Waals surface area contributed by atoms with Crippen LogP contribution in [-0.2, 0) is 12.8 Å². The van der Waals surface area contributed by atoms with Gasteiger partial charge < -0.3 is 10.4 Å². The van der Waals surface area contributed by atoms with E-state index in [9.17, 15) is 9.50 Å². The van der Waals surface area contributed by atoms with Crippen molar-refractivity contribution in [2.24, 2.45) is 0 Å². The molecule has 1 heterocycles. The van der Waals surface area contributed by atoms with Gasteiger partial charge in [0.1, 0.15) is 17.5 Å². The van der Waals surface area contributed by atoms with Gasteiger partial charge in [-0.1, -0.05) is 17.7 Å². The Morgan fingerprint density at radius 2 is 2.09 bits per heavy atom. The van der Waals surface area contributed by atoms with Crippen molar-refractivity contribution in [2.75, 3.05) is 11.9 Å². The number of rotatable bonds is 4. The molecule has 122 valence electrons. The van der Waals surface area contributed by atoms with Gasteiger partial charge in [-0.3, -0.25) is 0 Å². The molecule has 0 radical (unpaired) electrons. The molecule has 0 amide bonds. The van der Waals surface area contributed by atoms with Gasteiger partial charge in [-0.25, -0.2) is 14.4 Å². The average Bonchev–Trinajstić information content (AvgIpc) is 2.54. The second-order valence-corrected chi connectivity index (χ2v) is 6.23. The molecule has 3 rings (SSSR count). The monoisotopic (exact) mass is 335 g/mol. The van der Waals surface area contributed by atoms with E-state index in [0.29, 0.717) is 5.56 Å². The molecule has 1 aliphatic carbocycles. The van der Waals surface area contributed by atoms with Gasteiger partial charge in [0, 0.05) is 17.8 Å². The third-order valence-corrected chi connectivity index (χ3v) is 4.39. The Morgan fingerprint density at radius 1 is 1.30 bits per heavy atom. The number of benzene rings is 1. The van der Waals surface area contributed by atoms with Gasteiger partial charge >= 0.3 is 0 Å². The quantitative estimate of drug-likeness (QED) is 0.896. The molecule has 1 aromatic carbocycles. The summed E-state index contributed by atoms with van der Waals surface area (Å²) in [6.07, 6.45) is 3.35. The first kappa shape index (κ1) is 16.1. The van der Waals surface area contributed by atoms with Crippen LogP contribution in [0.5, 0.6) is 0 Å². The molecule has 6 heteroatoms. The van der Waals surface area contributed by atoms with Crippen molar-refractivity contribution >= 4 is 17.4 Å². The molecule has 1 aliphatic rings. The van der Waals surface area contributed by atoms with E-state index in [1.807, 2.05) is 6.92 Å². The summed E-state index contributed by atoms with van der Waals surface area (Å²) in [6.45, 7) is 2.12. The van der Waals surface area contributed by atoms with Crippen LogP contribution in [0.2, 0.25) is 5.02 Å². The van der Waals surface area contributed by atoms with Crippen LogP contribution in [0.4, 0.5) is 10.2 Å². The Kier molecular flexibility index (Phi) is 4.78. The molecule has 0 aliphatic heterocycles. The van der Waals surface area contributed by atoms with Crippen LogP contribution in [-0.4, -0.2) is 21.6 Å². The lowest BCUT2D eigenvalue weighted by Gasteiger charge is -2.20. The molecule has 23 heavy (non-hydrogen) atoms. The minimum Gasteiger partial charge on any atom is -0.387 e. The van der Waals surface area contributed by atoms with E-state index in [1.165, 1.54) is 12.1 Å². The van der Waals surface area contributed by atoms with Crippen LogP contribution in [0.1, 0.15) is 41.6 Å². The molecule has 0 saturated heterocycles. The minimum absolute atomic E-state index is 0.0504. The Morgan fingerprint density at radius 3 is 2.87 bits per heavy atom. The maximum absolute atomic E-state index is 13.5. The lowest BCUT2D eigenvalue weighted by atomic mass is 9.96. The zero-order valence-corrected chi connectivity index (χ0v) is 13.7. The van der Waals surface area contributed by atoms with E-state index in [0.717, 1.165) is 48.6 Å². The van der Waals surface area contributed by atoms with Gasteiger partial charge in [-0.15, -0.1) is 0 Å². The number of nitrogens with one attached hydrogen (secondary N) is 1. The number of halogens is 2. The summed E-state index contributed by atoms with van der Waals surface area (Å²) in [7, 11) is 0. The molecular formula is C17H19ClFN3O. The third-order valence-electron chi connectivity index (χ3n) is 4.09. The summed E-state index contributed by atoms with van der Waals surface area (Å²) in [5.74, 6) is 0.972. The first-order valence-corrected chi connectivity index (χ1v) is 8.15. The van der Waals surface area contributed by atoms with E-state index in [-0.39, 0.29) is 11.6 Å². The fraction of sp³-hybridized carbons (Fsp3) is 0.412. The van der Waals surface area contributed by atoms with Gasteiger partial charge in [0.15, 0.2) is 0 Å². The topological polar surface area (TPSA) is 58.0 Å². The fourth-order valence-corrected chi connectivity index (χ4v) is 3.01. The average molecular weight is 336 g/mol. The highest BCUT2D eigenvalue weighted by atomic mass is 35.5. The second kappa shape index (κ2) is 6.81. The van der Waals surface area contributed by atoms with Gasteiger partial charge in [0.25, 0.3) is 0 Å². The number of hydrogen-bond acceptors (Lipinski definition) is 4. The molecule has 0 fully saturated rings. The molecule has 1 aromatic heterocycles. The van der Waals surface area contributed by atoms with E-state index >= 15 is 0 Å². The highest BCUT2D eigenvalue weighted by molar-refractivity contribution is 6.30. The van der Waals surface area contributed by atoms with Crippen LogP contribution >= 0.6 is 11.6 Å². The van der Waals surface area contributed by atoms with Crippen molar-refractivity contribution < 1.29 is 9.50 Å². The molecular weight excluding hydrogens is 317 g/mol. The van der Waals surface area contributed by atoms with Crippen LogP contribution in [0, 0.1) is 12.7 Å². The van der Waals surface area contributed by atoms with Crippen molar-refractivity contribution in [1.82, 2.24) is 9.97 Å². The highest BCUT2D eigenvalue weighted by Gasteiger charge is 2.18. The molecule has 0 bridgehead atoms. The van der Waals surface area contributed by atoms with Crippen LogP contribution in [0.25, 0.3) is 0 Å². The van der Waals surface area contributed by atoms with Gasteiger partial charge in [0.2, 0.25) is 0 Å². The molecule has 4 nitrogen and oxygen atoms in total. The molecule has 1 atom stereocenters. The Balaban J connectivity index is 1.75. The van der Waals surface area contributed by atoms with Crippen molar-refractivity contribution in [3.8, 4) is 0 Å². The van der Waals surface area contributed by atoms with E-state index in [2.05, 4.69) is 15.3 Å². The van der Waals surface area contributed by atoms with E-state index in [1.54, 1.807) is 6.07 Å². The number of aryl methyl sites for hydroxylation is 2. The number of anilines is 1. The van der Waals surface area contributed by atoms with Crippen molar-refractivity contribution in [3.63, 3.8) is 0 Å². The number of fused-ring (bicyclic) bond motifs is 1. The Bertz CT molecular complexity index is 723. The predicted octanol–water partition coefficient (Wildman–Crippen LogP) is 3.60. The maximum atomic E-state index is 13.5. The maximum Gasteiger partial charge on any atom is 0.142 e. The van der Waals surface area contributed by atoms with Crippen molar-refractivity contribution in [1.29, 1.82) is 0 Å². The molecule has 1 unspecified atom stereocenters. The Hall–Kier alpha value is -1.72. The molecule has 0 spiro atoms. The van der Waals surface area contributed by atoms with Crippen LogP contribution < -0.4 is 5.32 Å². The second-order valence-electron chi connectivity index (χ2n) is 5.82. The lowest BCUT2D eigenvalue weighted by Crippen LogP contribution is -2.18. The molecule has 0 saturated carbocycles. The van der Waals surface area contributed by atoms with Crippen LogP contribution in [0.3, 0.4) is 0 Å². The van der Waals surface area contributed by atoms with Crippen molar-refractivity contribution in [2.45, 2.75) is 38.7 Å². The lowest BCUT2D eigenvalue weighted by molar-refractivity contribution is 0.191. The normalized spacial score (nSPS) is 15.1. The number of aliphatic hydroxyl groups excluding tert-OH is 1. The molecule has 2 N–H and O–H groups in total. The van der Waals surface area contributed by atoms with Crippen molar-refractivity contribution in [3.05, 3.63) is 51.7 Å². The summed E-state index contributed by atoms with van der Waals surface area (Å²) in [4.78, 5) is 8.96. The Labute approximate surface area is 139 Å². The summed E-state index contributed by atoms with van der Waals surface area (Å²) >= 11 is 5.67. The minimum atomic E-state index is -0.837. The number of aromatic nitrogens is 2. The first-order chi connectivity index (χ1) is 11.0. The van der Waals surface area contributed by atoms with E-state index in [4.69, 9.17) is 11.6 Å². The highest BCUT2D eigenvalue weighted by Crippen LogP contribution is 2.26. The fourth-order valence-electron chi connectivity index (χ4n) is 2.89. The number of aliphatic hydroxyl groups is 1. The van der Waals surface area contributed by atoms with Gasteiger partial charge in [-0.2, -0.15) is 0 Å². The van der Waals surface area contributed by atoms with Gasteiger partial charge in [0.05, 0.1) is 11.1 Å². The summed E-state index contributed by atoms with van der Waals surface area (Å²) in [5.41, 5.74) is 2.72. The standard InChI is InChI=1S/C17H19ClFN3O/c1-10-21-15-5-3-2-4-12(15)17(22-10)20-9-16(23)11-6-7-13(18)14(19)8-11/h6-8,16,23H,2-5,9H2,1H3,(H,20,21,22). The smallest absolute Gasteiger partial charge is 0.142 e. The SMILES string of the molecule is Cc1nc2c(c(NCC(O)c3ccc(Cl)c(F)c3)n1)CCCC2. The van der Waals surface area contributed by atoms with E-state index < -0.39 is 11.9 Å². The predicted molar refractivity (Wildman–Crippen MR) is 88.3 cm³/mol. The van der Waals surface area contributed by atoms with Crippen LogP contribution in [0.15, 0.2) is 18.2 Å². The zero-order valence-electron chi connectivity index (χ0n) is 12.9. The zero-order chi connectivity index (χ0) is 16.4. The number of hydrogen-bond donors (Lipinski definition) is 2. The number of nitrogens with zero attached hydrogens (tertiary/aromatic N) is 2. The first-order valence-electron chi connectivity index (χ1n) is 7.78. The summed E-state index contributed by atoms with van der Waals surface area (Å²) < 4.78 is 13.5. The summed E-state index contributed by atoms with van der Waals surface area (Å²) in [5, 5.41) is 13.5.